The Morgan fingerprint density at radius 2 is 1.87 bits per heavy atom. The number of aryl methyl sites for hydroxylation is 1. The van der Waals surface area contributed by atoms with Gasteiger partial charge in [0.1, 0.15) is 0 Å². The fourth-order valence-electron chi connectivity index (χ4n) is 5.49. The lowest BCUT2D eigenvalue weighted by atomic mass is 9.92. The summed E-state index contributed by atoms with van der Waals surface area (Å²) in [5.74, 6) is -1.60. The van der Waals surface area contributed by atoms with Gasteiger partial charge in [0.15, 0.2) is 17.1 Å². The number of halogens is 5. The lowest BCUT2D eigenvalue weighted by Gasteiger charge is -2.40. The van der Waals surface area contributed by atoms with Gasteiger partial charge in [0.25, 0.3) is 17.7 Å². The van der Waals surface area contributed by atoms with Crippen molar-refractivity contribution < 1.29 is 37.1 Å². The van der Waals surface area contributed by atoms with Crippen LogP contribution in [-0.2, 0) is 23.8 Å². The molecule has 3 amide bonds. The summed E-state index contributed by atoms with van der Waals surface area (Å²) in [6, 6.07) is 4.30. The maximum absolute atomic E-state index is 13.4. The monoisotopic (exact) mass is 654 g/mol. The van der Waals surface area contributed by atoms with Crippen molar-refractivity contribution in [1.82, 2.24) is 35.3 Å². The number of β-amino-alcohol motifs (C(OH)–C–C–N with tert-alkyl or cyclic N) is 1. The van der Waals surface area contributed by atoms with Gasteiger partial charge >= 0.3 is 6.18 Å². The lowest BCUT2D eigenvalue weighted by molar-refractivity contribution is -0.154. The number of nitrogens with one attached hydrogen (secondary N) is 4. The Morgan fingerprint density at radius 1 is 1.13 bits per heavy atom. The summed E-state index contributed by atoms with van der Waals surface area (Å²) in [7, 11) is 0. The van der Waals surface area contributed by atoms with Crippen molar-refractivity contribution in [1.29, 1.82) is 0 Å². The molecular formula is C28H31ClF4N8O4. The highest BCUT2D eigenvalue weighted by molar-refractivity contribution is 6.34. The number of alkyl halides is 4. The molecule has 3 aromatic rings. The molecule has 45 heavy (non-hydrogen) atoms. The molecule has 5 rings (SSSR count). The maximum atomic E-state index is 13.4. The first kappa shape index (κ1) is 32.4. The molecule has 5 N–H and O–H groups in total. The fourth-order valence-corrected chi connectivity index (χ4v) is 5.75. The number of rotatable bonds is 8. The Bertz CT molecular complexity index is 1560. The molecule has 2 fully saturated rings. The second kappa shape index (κ2) is 13.1. The molecule has 17 heteroatoms. The van der Waals surface area contributed by atoms with Crippen LogP contribution in [0.2, 0.25) is 5.02 Å². The van der Waals surface area contributed by atoms with E-state index in [9.17, 15) is 37.1 Å². The molecule has 12 nitrogen and oxygen atoms in total. The van der Waals surface area contributed by atoms with Crippen LogP contribution in [0.4, 0.5) is 23.2 Å². The van der Waals surface area contributed by atoms with E-state index in [1.54, 1.807) is 9.80 Å². The second-order valence-electron chi connectivity index (χ2n) is 10.9. The summed E-state index contributed by atoms with van der Waals surface area (Å²) < 4.78 is 53.0. The highest BCUT2D eigenvalue weighted by Gasteiger charge is 2.41. The van der Waals surface area contributed by atoms with Crippen LogP contribution in [0.1, 0.15) is 56.5 Å². The predicted molar refractivity (Wildman–Crippen MR) is 154 cm³/mol. The number of hydrogen-bond donors (Lipinski definition) is 5. The zero-order valence-corrected chi connectivity index (χ0v) is 24.7. The van der Waals surface area contributed by atoms with Crippen molar-refractivity contribution in [3.63, 3.8) is 0 Å². The Labute approximate surface area is 259 Å². The van der Waals surface area contributed by atoms with Crippen molar-refractivity contribution in [2.75, 3.05) is 51.3 Å². The number of carbonyl (C=O) groups is 3. The summed E-state index contributed by atoms with van der Waals surface area (Å²) in [6.45, 7) is 1.09. The summed E-state index contributed by atoms with van der Waals surface area (Å²) in [4.78, 5) is 48.6. The minimum Gasteiger partial charge on any atom is -0.379 e. The van der Waals surface area contributed by atoms with Crippen LogP contribution in [0.15, 0.2) is 24.4 Å². The molecule has 2 aliphatic rings. The summed E-state index contributed by atoms with van der Waals surface area (Å²) >= 11 is 6.39. The van der Waals surface area contributed by atoms with E-state index < -0.39 is 30.1 Å². The molecule has 0 aliphatic carbocycles. The summed E-state index contributed by atoms with van der Waals surface area (Å²) in [5, 5.41) is 21.9. The third-order valence-corrected chi connectivity index (χ3v) is 8.16. The number of aromatic amines is 2. The zero-order chi connectivity index (χ0) is 32.4. The third-order valence-electron chi connectivity index (χ3n) is 7.85. The Hall–Kier alpha value is -4.02. The number of imidazole rings is 1. The number of aliphatic hydroxyl groups is 1. The first-order valence-corrected chi connectivity index (χ1v) is 14.6. The lowest BCUT2D eigenvalue weighted by Crippen LogP contribution is -2.60. The fraction of sp³-hybridized carbons (Fsp3) is 0.464. The average molecular weight is 655 g/mol. The van der Waals surface area contributed by atoms with Gasteiger partial charge in [0.05, 0.1) is 17.3 Å². The number of amides is 3. The molecule has 2 aromatic heterocycles. The van der Waals surface area contributed by atoms with E-state index in [2.05, 4.69) is 30.8 Å². The van der Waals surface area contributed by atoms with Crippen molar-refractivity contribution in [3.8, 4) is 0 Å². The molecule has 2 aliphatic heterocycles. The molecule has 1 atom stereocenters. The van der Waals surface area contributed by atoms with Gasteiger partial charge in [0.2, 0.25) is 0 Å². The van der Waals surface area contributed by atoms with Crippen molar-refractivity contribution in [2.45, 2.75) is 37.5 Å². The van der Waals surface area contributed by atoms with Gasteiger partial charge in [-0.15, -0.1) is 0 Å². The number of piperidine rings is 1. The maximum Gasteiger partial charge on any atom is 0.435 e. The van der Waals surface area contributed by atoms with Gasteiger partial charge in [-0.2, -0.15) is 18.3 Å². The molecule has 0 saturated carbocycles. The summed E-state index contributed by atoms with van der Waals surface area (Å²) in [6.07, 6.45) is -3.07. The van der Waals surface area contributed by atoms with E-state index >= 15 is 0 Å². The van der Waals surface area contributed by atoms with Crippen LogP contribution in [0.5, 0.6) is 0 Å². The van der Waals surface area contributed by atoms with Gasteiger partial charge in [-0.3, -0.25) is 23.9 Å². The molecule has 2 saturated heterocycles. The van der Waals surface area contributed by atoms with Crippen LogP contribution >= 0.6 is 11.6 Å². The van der Waals surface area contributed by atoms with E-state index in [-0.39, 0.29) is 96.4 Å². The Morgan fingerprint density at radius 3 is 2.51 bits per heavy atom. The molecule has 0 unspecified atom stereocenters. The zero-order valence-electron chi connectivity index (χ0n) is 23.9. The van der Waals surface area contributed by atoms with Crippen LogP contribution in [0, 0.1) is 0 Å². The van der Waals surface area contributed by atoms with E-state index in [0.29, 0.717) is 12.8 Å². The van der Waals surface area contributed by atoms with E-state index in [1.165, 1.54) is 24.4 Å². The third kappa shape index (κ3) is 7.12. The van der Waals surface area contributed by atoms with E-state index in [1.807, 2.05) is 0 Å². The number of aromatic nitrogens is 4. The molecule has 0 spiro atoms. The minimum atomic E-state index is -4.75. The Balaban J connectivity index is 1.19. The summed E-state index contributed by atoms with van der Waals surface area (Å²) in [5.41, 5.74) is -2.24. The van der Waals surface area contributed by atoms with Gasteiger partial charge in [-0.25, -0.2) is 4.98 Å². The second-order valence-corrected chi connectivity index (χ2v) is 11.4. The molecule has 242 valence electrons. The van der Waals surface area contributed by atoms with Crippen molar-refractivity contribution in [3.05, 3.63) is 63.5 Å². The Kier molecular flexibility index (Phi) is 9.46. The smallest absolute Gasteiger partial charge is 0.379 e. The van der Waals surface area contributed by atoms with Crippen LogP contribution < -0.4 is 10.6 Å². The topological polar surface area (TPSA) is 159 Å². The standard InChI is InChI=1S/C28H31ClF4N8O4/c29-20-13-16(2-3-18(20)25(43)40-8-10-41(11-9-40)26(44)27(45)5-1-7-34-15-27)37-24(42)23-35-14-17(36-23)12-19-21(4-6-30)38-39-22(19)28(31,32)33/h2-3,13-14,34,45H,1,4-12,15H2,(H,35,36)(H,37,42)(H,38,39)/t27-/m0/s1. The quantitative estimate of drug-likeness (QED) is 0.234. The molecule has 0 radical (unpaired) electrons. The van der Waals surface area contributed by atoms with Crippen molar-refractivity contribution >= 4 is 35.0 Å². The van der Waals surface area contributed by atoms with Gasteiger partial charge in [-0.1, -0.05) is 11.6 Å². The molecular weight excluding hydrogens is 624 g/mol. The molecule has 4 heterocycles. The first-order valence-electron chi connectivity index (χ1n) is 14.3. The normalized spacial score (nSPS) is 19.1. The number of piperazine rings is 1. The van der Waals surface area contributed by atoms with E-state index in [0.717, 1.165) is 6.54 Å². The number of carbonyl (C=O) groups excluding carboxylic acids is 3. The van der Waals surface area contributed by atoms with Crippen LogP contribution in [-0.4, -0.2) is 104 Å². The van der Waals surface area contributed by atoms with Crippen molar-refractivity contribution in [2.24, 2.45) is 0 Å². The van der Waals surface area contributed by atoms with Gasteiger partial charge in [-0.05, 0) is 37.6 Å². The highest BCUT2D eigenvalue weighted by atomic mass is 35.5. The molecule has 0 bridgehead atoms. The minimum absolute atomic E-state index is 0.000574. The number of H-pyrrole nitrogens is 2. The number of benzene rings is 1. The van der Waals surface area contributed by atoms with Crippen LogP contribution in [0.25, 0.3) is 0 Å². The van der Waals surface area contributed by atoms with E-state index in [4.69, 9.17) is 11.6 Å². The van der Waals surface area contributed by atoms with Crippen LogP contribution in [0.3, 0.4) is 0 Å². The molecule has 1 aromatic carbocycles. The van der Waals surface area contributed by atoms with Gasteiger partial charge < -0.3 is 30.5 Å². The first-order chi connectivity index (χ1) is 21.4. The average Bonchev–Trinajstić information content (AvgIpc) is 3.65. The van der Waals surface area contributed by atoms with Gasteiger partial charge in [0, 0.05) is 74.4 Å². The number of hydrogen-bond acceptors (Lipinski definition) is 7. The predicted octanol–water partition coefficient (Wildman–Crippen LogP) is 2.56. The SMILES string of the molecule is O=C(Nc1ccc(C(=O)N2CCN(C(=O)[C@]3(O)CCCNC3)CC2)c(Cl)c1)c1ncc(Cc2c(C(F)(F)F)n[nH]c2CCF)[nH]1. The largest absolute Gasteiger partial charge is 0.435 e. The number of anilines is 1. The highest BCUT2D eigenvalue weighted by Crippen LogP contribution is 2.33. The number of nitrogens with zero attached hydrogens (tertiary/aromatic N) is 4.